The zero-order valence-corrected chi connectivity index (χ0v) is 15.9. The van der Waals surface area contributed by atoms with Gasteiger partial charge in [0.1, 0.15) is 17.1 Å². The van der Waals surface area contributed by atoms with Crippen LogP contribution in [0.5, 0.6) is 5.75 Å². The molecule has 5 nitrogen and oxygen atoms in total. The van der Waals surface area contributed by atoms with E-state index in [1.807, 2.05) is 39.0 Å². The fourth-order valence-corrected chi connectivity index (χ4v) is 2.87. The summed E-state index contributed by atoms with van der Waals surface area (Å²) in [5.41, 5.74) is 2.18. The van der Waals surface area contributed by atoms with Crippen molar-refractivity contribution in [1.82, 2.24) is 0 Å². The number of carbonyl (C=O) groups excluding carboxylic acids is 1. The van der Waals surface area contributed by atoms with Crippen molar-refractivity contribution < 1.29 is 18.7 Å². The Kier molecular flexibility index (Phi) is 5.31. The van der Waals surface area contributed by atoms with Crippen molar-refractivity contribution in [1.29, 1.82) is 0 Å². The topological polar surface area (TPSA) is 65.7 Å². The van der Waals surface area contributed by atoms with Gasteiger partial charge in [-0.05, 0) is 57.5 Å². The average Bonchev–Trinajstić information content (AvgIpc) is 2.63. The minimum atomic E-state index is -0.464. The minimum Gasteiger partial charge on any atom is -0.490 e. The van der Waals surface area contributed by atoms with Crippen LogP contribution in [-0.2, 0) is 4.74 Å². The lowest BCUT2D eigenvalue weighted by Gasteiger charge is -2.16. The molecule has 0 unspecified atom stereocenters. The SMILES string of the molecule is CCOC(=O)c1ccc2oc(-c3cccc(C)c3OC(C)C)cc(=O)c2c1. The van der Waals surface area contributed by atoms with Gasteiger partial charge in [0.2, 0.25) is 0 Å². The van der Waals surface area contributed by atoms with E-state index in [4.69, 9.17) is 13.9 Å². The number of fused-ring (bicyclic) bond motifs is 1. The molecule has 0 atom stereocenters. The molecule has 140 valence electrons. The Balaban J connectivity index is 2.13. The highest BCUT2D eigenvalue weighted by molar-refractivity contribution is 5.94. The predicted octanol–water partition coefficient (Wildman–Crippen LogP) is 4.73. The van der Waals surface area contributed by atoms with Gasteiger partial charge >= 0.3 is 5.97 Å². The van der Waals surface area contributed by atoms with Crippen molar-refractivity contribution in [2.45, 2.75) is 33.8 Å². The fourth-order valence-electron chi connectivity index (χ4n) is 2.87. The number of aryl methyl sites for hydroxylation is 1. The van der Waals surface area contributed by atoms with E-state index in [1.165, 1.54) is 12.1 Å². The molecule has 3 aromatic rings. The van der Waals surface area contributed by atoms with E-state index in [9.17, 15) is 9.59 Å². The molecule has 0 saturated heterocycles. The quantitative estimate of drug-likeness (QED) is 0.611. The Bertz CT molecular complexity index is 1050. The van der Waals surface area contributed by atoms with Crippen LogP contribution in [0.2, 0.25) is 0 Å². The zero-order chi connectivity index (χ0) is 19.6. The van der Waals surface area contributed by atoms with E-state index >= 15 is 0 Å². The number of hydrogen-bond donors (Lipinski definition) is 0. The number of benzene rings is 2. The van der Waals surface area contributed by atoms with Gasteiger partial charge in [0.15, 0.2) is 5.43 Å². The Hall–Kier alpha value is -3.08. The third-order valence-corrected chi connectivity index (χ3v) is 4.07. The maximum absolute atomic E-state index is 12.7. The van der Waals surface area contributed by atoms with Gasteiger partial charge in [0.25, 0.3) is 0 Å². The van der Waals surface area contributed by atoms with Crippen LogP contribution in [0.1, 0.15) is 36.7 Å². The molecule has 0 amide bonds. The second-order valence-electron chi connectivity index (χ2n) is 6.52. The highest BCUT2D eigenvalue weighted by Crippen LogP contribution is 2.34. The molecule has 0 bridgehead atoms. The normalized spacial score (nSPS) is 11.0. The zero-order valence-electron chi connectivity index (χ0n) is 15.9. The summed E-state index contributed by atoms with van der Waals surface area (Å²) < 4.78 is 16.9. The summed E-state index contributed by atoms with van der Waals surface area (Å²) in [5, 5.41) is 0.336. The lowest BCUT2D eigenvalue weighted by Crippen LogP contribution is -2.09. The van der Waals surface area contributed by atoms with Crippen molar-refractivity contribution in [3.8, 4) is 17.1 Å². The van der Waals surface area contributed by atoms with Crippen LogP contribution >= 0.6 is 0 Å². The highest BCUT2D eigenvalue weighted by atomic mass is 16.5. The molecule has 5 heteroatoms. The van der Waals surface area contributed by atoms with Gasteiger partial charge in [-0.2, -0.15) is 0 Å². The smallest absolute Gasteiger partial charge is 0.338 e. The number of carbonyl (C=O) groups is 1. The highest BCUT2D eigenvalue weighted by Gasteiger charge is 2.16. The predicted molar refractivity (Wildman–Crippen MR) is 104 cm³/mol. The molecule has 1 aromatic heterocycles. The lowest BCUT2D eigenvalue weighted by atomic mass is 10.1. The third-order valence-electron chi connectivity index (χ3n) is 4.07. The van der Waals surface area contributed by atoms with E-state index < -0.39 is 5.97 Å². The molecular weight excluding hydrogens is 344 g/mol. The molecule has 0 N–H and O–H groups in total. The number of hydrogen-bond acceptors (Lipinski definition) is 5. The molecule has 0 aliphatic rings. The number of para-hydroxylation sites is 1. The first-order valence-electron chi connectivity index (χ1n) is 8.92. The Morgan fingerprint density at radius 3 is 2.63 bits per heavy atom. The number of rotatable bonds is 5. The van der Waals surface area contributed by atoms with Gasteiger partial charge in [-0.3, -0.25) is 4.79 Å². The molecule has 27 heavy (non-hydrogen) atoms. The first-order valence-corrected chi connectivity index (χ1v) is 8.92. The monoisotopic (exact) mass is 366 g/mol. The first kappa shape index (κ1) is 18.7. The first-order chi connectivity index (χ1) is 12.9. The fraction of sp³-hybridized carbons (Fsp3) is 0.273. The number of ether oxygens (including phenoxy) is 2. The summed E-state index contributed by atoms with van der Waals surface area (Å²) >= 11 is 0. The van der Waals surface area contributed by atoms with Gasteiger partial charge in [0.05, 0.1) is 29.2 Å². The summed E-state index contributed by atoms with van der Waals surface area (Å²) in [5.74, 6) is 0.656. The van der Waals surface area contributed by atoms with Crippen LogP contribution in [0.3, 0.4) is 0 Å². The van der Waals surface area contributed by atoms with E-state index in [1.54, 1.807) is 19.1 Å². The Morgan fingerprint density at radius 1 is 1.15 bits per heavy atom. The Labute approximate surface area is 157 Å². The van der Waals surface area contributed by atoms with Gasteiger partial charge in [-0.25, -0.2) is 4.79 Å². The van der Waals surface area contributed by atoms with Crippen LogP contribution in [0.4, 0.5) is 0 Å². The summed E-state index contributed by atoms with van der Waals surface area (Å²) in [6.45, 7) is 7.86. The van der Waals surface area contributed by atoms with Gasteiger partial charge < -0.3 is 13.9 Å². The average molecular weight is 366 g/mol. The van der Waals surface area contributed by atoms with Gasteiger partial charge in [-0.15, -0.1) is 0 Å². The second-order valence-corrected chi connectivity index (χ2v) is 6.52. The standard InChI is InChI=1S/C22H22O5/c1-5-25-22(24)15-9-10-19-17(11-15)18(23)12-20(27-19)16-8-6-7-14(4)21(16)26-13(2)3/h6-13H,5H2,1-4H3. The lowest BCUT2D eigenvalue weighted by molar-refractivity contribution is 0.0526. The van der Waals surface area contributed by atoms with E-state index in [0.717, 1.165) is 11.1 Å². The molecule has 0 aliphatic carbocycles. The van der Waals surface area contributed by atoms with Crippen LogP contribution in [0, 0.1) is 6.92 Å². The molecule has 1 heterocycles. The summed E-state index contributed by atoms with van der Waals surface area (Å²) in [6.07, 6.45) is -0.0100. The number of esters is 1. The summed E-state index contributed by atoms with van der Waals surface area (Å²) in [7, 11) is 0. The van der Waals surface area contributed by atoms with Gasteiger partial charge in [-0.1, -0.05) is 12.1 Å². The molecular formula is C22H22O5. The molecule has 0 fully saturated rings. The van der Waals surface area contributed by atoms with Crippen LogP contribution in [0.15, 0.2) is 51.7 Å². The van der Waals surface area contributed by atoms with E-state index in [2.05, 4.69) is 0 Å². The molecule has 2 aromatic carbocycles. The van der Waals surface area contributed by atoms with Crippen LogP contribution < -0.4 is 10.2 Å². The van der Waals surface area contributed by atoms with Crippen molar-refractivity contribution >= 4 is 16.9 Å². The maximum atomic E-state index is 12.7. The van der Waals surface area contributed by atoms with Crippen molar-refractivity contribution in [2.75, 3.05) is 6.61 Å². The Morgan fingerprint density at radius 2 is 1.93 bits per heavy atom. The molecule has 0 saturated carbocycles. The summed E-state index contributed by atoms with van der Waals surface area (Å²) in [6, 6.07) is 11.9. The van der Waals surface area contributed by atoms with Crippen molar-refractivity contribution in [3.05, 3.63) is 63.8 Å². The third kappa shape index (κ3) is 3.87. The largest absolute Gasteiger partial charge is 0.490 e. The van der Waals surface area contributed by atoms with Crippen molar-refractivity contribution in [3.63, 3.8) is 0 Å². The van der Waals surface area contributed by atoms with Crippen LogP contribution in [-0.4, -0.2) is 18.7 Å². The van der Waals surface area contributed by atoms with E-state index in [-0.39, 0.29) is 18.1 Å². The summed E-state index contributed by atoms with van der Waals surface area (Å²) in [4.78, 5) is 24.6. The molecule has 0 radical (unpaired) electrons. The van der Waals surface area contributed by atoms with Crippen LogP contribution in [0.25, 0.3) is 22.3 Å². The molecule has 0 aliphatic heterocycles. The molecule has 3 rings (SSSR count). The molecule has 0 spiro atoms. The van der Waals surface area contributed by atoms with E-state index in [0.29, 0.717) is 28.0 Å². The minimum absolute atomic E-state index is 0.0100. The van der Waals surface area contributed by atoms with Gasteiger partial charge in [0, 0.05) is 6.07 Å². The second kappa shape index (κ2) is 7.66. The van der Waals surface area contributed by atoms with Crippen molar-refractivity contribution in [2.24, 2.45) is 0 Å². The maximum Gasteiger partial charge on any atom is 0.338 e.